The number of piperidine rings is 1. The lowest BCUT2D eigenvalue weighted by molar-refractivity contribution is 0.355. The average molecular weight is 387 g/mol. The van der Waals surface area contributed by atoms with Gasteiger partial charge < -0.3 is 19.8 Å². The molecule has 3 aromatic rings. The minimum Gasteiger partial charge on any atom is -0.493 e. The molecule has 1 fully saturated rings. The number of hydrogen-bond donors (Lipinski definition) is 2. The highest BCUT2D eigenvalue weighted by Crippen LogP contribution is 2.37. The van der Waals surface area contributed by atoms with Crippen molar-refractivity contribution in [2.75, 3.05) is 27.3 Å². The number of hydrogen-bond acceptors (Lipinski definition) is 3. The van der Waals surface area contributed by atoms with Crippen LogP contribution in [0, 0.1) is 6.92 Å². The van der Waals surface area contributed by atoms with Gasteiger partial charge in [0.05, 0.1) is 14.2 Å². The third kappa shape index (κ3) is 3.64. The molecule has 144 valence electrons. The van der Waals surface area contributed by atoms with Gasteiger partial charge in [0.2, 0.25) is 0 Å². The van der Waals surface area contributed by atoms with E-state index in [1.54, 1.807) is 14.2 Å². The van der Waals surface area contributed by atoms with Gasteiger partial charge in [-0.15, -0.1) is 12.4 Å². The van der Waals surface area contributed by atoms with Crippen LogP contribution in [-0.2, 0) is 0 Å². The Morgan fingerprint density at radius 2 is 1.67 bits per heavy atom. The van der Waals surface area contributed by atoms with Crippen LogP contribution in [0.25, 0.3) is 22.2 Å². The average Bonchev–Trinajstić information content (AvgIpc) is 3.04. The molecule has 4 nitrogen and oxygen atoms in total. The summed E-state index contributed by atoms with van der Waals surface area (Å²) in [4.78, 5) is 3.59. The quantitative estimate of drug-likeness (QED) is 0.659. The number of ether oxygens (including phenoxy) is 2. The molecule has 0 unspecified atom stereocenters. The van der Waals surface area contributed by atoms with E-state index < -0.39 is 0 Å². The standard InChI is InChI=1S/C22H26N2O2.ClH/c1-14-18-12-16(15-8-10-23-11-9-15)4-6-19(18)24-22(14)17-5-7-20(25-2)21(13-17)26-3;/h4-7,12-13,15,23-24H,8-11H2,1-3H3;1H. The van der Waals surface area contributed by atoms with E-state index in [1.165, 1.54) is 34.9 Å². The first-order valence-corrected chi connectivity index (χ1v) is 9.26. The summed E-state index contributed by atoms with van der Waals surface area (Å²) in [6, 6.07) is 13.0. The van der Waals surface area contributed by atoms with Gasteiger partial charge in [0.1, 0.15) is 0 Å². The highest BCUT2D eigenvalue weighted by molar-refractivity contribution is 5.91. The molecule has 0 atom stereocenters. The van der Waals surface area contributed by atoms with Crippen molar-refractivity contribution in [3.63, 3.8) is 0 Å². The first-order valence-electron chi connectivity index (χ1n) is 9.26. The van der Waals surface area contributed by atoms with Crippen LogP contribution in [0.15, 0.2) is 36.4 Å². The third-order valence-corrected chi connectivity index (χ3v) is 5.57. The molecule has 0 spiro atoms. The smallest absolute Gasteiger partial charge is 0.161 e. The van der Waals surface area contributed by atoms with E-state index in [9.17, 15) is 0 Å². The number of aromatic amines is 1. The monoisotopic (exact) mass is 386 g/mol. The highest BCUT2D eigenvalue weighted by atomic mass is 35.5. The number of halogens is 1. The molecule has 0 bridgehead atoms. The normalized spacial score (nSPS) is 14.8. The van der Waals surface area contributed by atoms with Crippen LogP contribution in [0.5, 0.6) is 11.5 Å². The third-order valence-electron chi connectivity index (χ3n) is 5.57. The molecular formula is C22H27ClN2O2. The zero-order valence-electron chi connectivity index (χ0n) is 16.1. The summed E-state index contributed by atoms with van der Waals surface area (Å²) in [5.74, 6) is 2.16. The second-order valence-electron chi connectivity index (χ2n) is 7.02. The van der Waals surface area contributed by atoms with Crippen molar-refractivity contribution in [1.82, 2.24) is 10.3 Å². The summed E-state index contributed by atoms with van der Waals surface area (Å²) in [5.41, 5.74) is 6.18. The first kappa shape index (κ1) is 19.6. The SMILES string of the molecule is COc1ccc(-c2[nH]c3ccc(C4CCNCC4)cc3c2C)cc1OC.Cl. The van der Waals surface area contributed by atoms with Gasteiger partial charge in [-0.05, 0) is 80.2 Å². The van der Waals surface area contributed by atoms with Crippen LogP contribution < -0.4 is 14.8 Å². The zero-order chi connectivity index (χ0) is 18.1. The van der Waals surface area contributed by atoms with Gasteiger partial charge in [-0.3, -0.25) is 0 Å². The van der Waals surface area contributed by atoms with Crippen LogP contribution in [0.2, 0.25) is 0 Å². The molecule has 0 saturated carbocycles. The maximum Gasteiger partial charge on any atom is 0.161 e. The molecule has 5 heteroatoms. The Morgan fingerprint density at radius 3 is 2.37 bits per heavy atom. The van der Waals surface area contributed by atoms with Gasteiger partial charge in [-0.25, -0.2) is 0 Å². The lowest BCUT2D eigenvalue weighted by Gasteiger charge is -2.23. The Bertz CT molecular complexity index is 929. The van der Waals surface area contributed by atoms with E-state index in [1.807, 2.05) is 12.1 Å². The van der Waals surface area contributed by atoms with E-state index >= 15 is 0 Å². The second kappa shape index (κ2) is 8.24. The largest absolute Gasteiger partial charge is 0.493 e. The Morgan fingerprint density at radius 1 is 0.926 bits per heavy atom. The minimum atomic E-state index is 0. The van der Waals surface area contributed by atoms with Crippen LogP contribution >= 0.6 is 12.4 Å². The number of fused-ring (bicyclic) bond motifs is 1. The molecule has 0 aliphatic carbocycles. The van der Waals surface area contributed by atoms with Gasteiger partial charge >= 0.3 is 0 Å². The fourth-order valence-corrected chi connectivity index (χ4v) is 4.03. The molecule has 0 radical (unpaired) electrons. The predicted octanol–water partition coefficient (Wildman–Crippen LogP) is 5.05. The fraction of sp³-hybridized carbons (Fsp3) is 0.364. The maximum atomic E-state index is 5.47. The minimum absolute atomic E-state index is 0. The Labute approximate surface area is 166 Å². The van der Waals surface area contributed by atoms with Crippen molar-refractivity contribution in [2.45, 2.75) is 25.7 Å². The number of rotatable bonds is 4. The van der Waals surface area contributed by atoms with Gasteiger partial charge in [0.15, 0.2) is 11.5 Å². The summed E-state index contributed by atoms with van der Waals surface area (Å²) in [6.07, 6.45) is 2.44. The molecule has 0 amide bonds. The van der Waals surface area contributed by atoms with E-state index in [-0.39, 0.29) is 12.4 Å². The summed E-state index contributed by atoms with van der Waals surface area (Å²) >= 11 is 0. The van der Waals surface area contributed by atoms with Crippen molar-refractivity contribution >= 4 is 23.3 Å². The van der Waals surface area contributed by atoms with Crippen LogP contribution in [0.4, 0.5) is 0 Å². The maximum absolute atomic E-state index is 5.47. The molecular weight excluding hydrogens is 360 g/mol. The Balaban J connectivity index is 0.00000210. The van der Waals surface area contributed by atoms with Crippen molar-refractivity contribution < 1.29 is 9.47 Å². The molecule has 1 aromatic heterocycles. The second-order valence-corrected chi connectivity index (χ2v) is 7.02. The highest BCUT2D eigenvalue weighted by Gasteiger charge is 2.17. The summed E-state index contributed by atoms with van der Waals surface area (Å²) in [7, 11) is 3.33. The van der Waals surface area contributed by atoms with Crippen molar-refractivity contribution in [2.24, 2.45) is 0 Å². The number of nitrogens with one attached hydrogen (secondary N) is 2. The summed E-state index contributed by atoms with van der Waals surface area (Å²) in [6.45, 7) is 4.43. The topological polar surface area (TPSA) is 46.3 Å². The molecule has 4 rings (SSSR count). The number of benzene rings is 2. The van der Waals surface area contributed by atoms with Gasteiger partial charge in [-0.2, -0.15) is 0 Å². The summed E-state index contributed by atoms with van der Waals surface area (Å²) < 4.78 is 10.8. The number of H-pyrrole nitrogens is 1. The lowest BCUT2D eigenvalue weighted by atomic mass is 9.89. The Hall–Kier alpha value is -2.17. The van der Waals surface area contributed by atoms with Gasteiger partial charge in [0, 0.05) is 22.2 Å². The van der Waals surface area contributed by atoms with Gasteiger partial charge in [-0.1, -0.05) is 6.07 Å². The van der Waals surface area contributed by atoms with Crippen molar-refractivity contribution in [3.05, 3.63) is 47.5 Å². The van der Waals surface area contributed by atoms with Crippen LogP contribution in [0.3, 0.4) is 0 Å². The number of methoxy groups -OCH3 is 2. The van der Waals surface area contributed by atoms with Crippen LogP contribution in [0.1, 0.15) is 29.9 Å². The predicted molar refractivity (Wildman–Crippen MR) is 114 cm³/mol. The first-order chi connectivity index (χ1) is 12.7. The number of aromatic nitrogens is 1. The summed E-state index contributed by atoms with van der Waals surface area (Å²) in [5, 5.41) is 4.76. The fourth-order valence-electron chi connectivity index (χ4n) is 4.03. The van der Waals surface area contributed by atoms with Crippen molar-refractivity contribution in [3.8, 4) is 22.8 Å². The molecule has 2 aromatic carbocycles. The molecule has 1 aliphatic heterocycles. The number of aryl methyl sites for hydroxylation is 1. The van der Waals surface area contributed by atoms with E-state index in [0.717, 1.165) is 35.8 Å². The van der Waals surface area contributed by atoms with E-state index in [4.69, 9.17) is 9.47 Å². The molecule has 2 N–H and O–H groups in total. The molecule has 27 heavy (non-hydrogen) atoms. The van der Waals surface area contributed by atoms with Gasteiger partial charge in [0.25, 0.3) is 0 Å². The molecule has 1 aliphatic rings. The van der Waals surface area contributed by atoms with Crippen molar-refractivity contribution in [1.29, 1.82) is 0 Å². The van der Waals surface area contributed by atoms with Crippen LogP contribution in [-0.4, -0.2) is 32.3 Å². The van der Waals surface area contributed by atoms with E-state index in [0.29, 0.717) is 5.92 Å². The lowest BCUT2D eigenvalue weighted by Crippen LogP contribution is -2.26. The molecule has 1 saturated heterocycles. The van der Waals surface area contributed by atoms with E-state index in [2.05, 4.69) is 41.5 Å². The zero-order valence-corrected chi connectivity index (χ0v) is 16.9. The Kier molecular flexibility index (Phi) is 5.98. The molecule has 2 heterocycles.